The van der Waals surface area contributed by atoms with Crippen molar-refractivity contribution in [3.63, 3.8) is 0 Å². The minimum absolute atomic E-state index is 0.150. The van der Waals surface area contributed by atoms with Crippen LogP contribution in [0, 0.1) is 3.57 Å². The molecule has 0 fully saturated rings. The SMILES string of the molecule is CCC(Nc1ccc(I)cc1)C(=O)NN=Cc1ccc2ccccc2c1. The van der Waals surface area contributed by atoms with Gasteiger partial charge in [0.1, 0.15) is 6.04 Å². The predicted molar refractivity (Wildman–Crippen MR) is 117 cm³/mol. The van der Waals surface area contributed by atoms with E-state index in [-0.39, 0.29) is 11.9 Å². The standard InChI is InChI=1S/C21H20IN3O/c1-2-20(24-19-11-9-18(22)10-12-19)21(26)25-23-14-15-7-8-16-5-3-4-6-17(16)13-15/h3-14,20,24H,2H2,1H3,(H,25,26). The van der Waals surface area contributed by atoms with Crippen LogP contribution in [0.5, 0.6) is 0 Å². The Bertz CT molecular complexity index is 922. The molecule has 1 atom stereocenters. The van der Waals surface area contributed by atoms with Gasteiger partial charge in [0.2, 0.25) is 0 Å². The molecule has 0 saturated heterocycles. The molecule has 0 aliphatic rings. The lowest BCUT2D eigenvalue weighted by molar-refractivity contribution is -0.121. The van der Waals surface area contributed by atoms with Gasteiger partial charge in [-0.1, -0.05) is 43.3 Å². The zero-order valence-corrected chi connectivity index (χ0v) is 16.6. The van der Waals surface area contributed by atoms with Crippen molar-refractivity contribution in [1.82, 2.24) is 5.43 Å². The fraction of sp³-hybridized carbons (Fsp3) is 0.143. The number of benzene rings is 3. The molecule has 2 N–H and O–H groups in total. The molecule has 1 unspecified atom stereocenters. The normalized spacial score (nSPS) is 12.2. The summed E-state index contributed by atoms with van der Waals surface area (Å²) in [6.45, 7) is 1.97. The Morgan fingerprint density at radius 3 is 2.54 bits per heavy atom. The molecule has 3 aromatic carbocycles. The van der Waals surface area contributed by atoms with Gasteiger partial charge in [0, 0.05) is 9.26 Å². The minimum atomic E-state index is -0.330. The van der Waals surface area contributed by atoms with Crippen LogP contribution in [-0.2, 0) is 4.79 Å². The number of hydrogen-bond acceptors (Lipinski definition) is 3. The highest BCUT2D eigenvalue weighted by atomic mass is 127. The molecule has 0 bridgehead atoms. The number of hydrazone groups is 1. The molecular weight excluding hydrogens is 437 g/mol. The number of hydrogen-bond donors (Lipinski definition) is 2. The molecule has 0 radical (unpaired) electrons. The Kier molecular flexibility index (Phi) is 6.22. The number of halogens is 1. The smallest absolute Gasteiger partial charge is 0.262 e. The van der Waals surface area contributed by atoms with Gasteiger partial charge in [0.25, 0.3) is 5.91 Å². The second-order valence-electron chi connectivity index (χ2n) is 5.95. The summed E-state index contributed by atoms with van der Waals surface area (Å²) < 4.78 is 1.16. The summed E-state index contributed by atoms with van der Waals surface area (Å²) in [6.07, 6.45) is 2.34. The molecule has 0 aliphatic carbocycles. The van der Waals surface area contributed by atoms with Crippen LogP contribution < -0.4 is 10.7 Å². The van der Waals surface area contributed by atoms with Crippen molar-refractivity contribution in [1.29, 1.82) is 0 Å². The molecule has 4 nitrogen and oxygen atoms in total. The highest BCUT2D eigenvalue weighted by Crippen LogP contribution is 2.15. The molecule has 0 aromatic heterocycles. The maximum atomic E-state index is 12.4. The van der Waals surface area contributed by atoms with Crippen LogP contribution in [0.25, 0.3) is 10.8 Å². The van der Waals surface area contributed by atoms with E-state index < -0.39 is 0 Å². The second-order valence-corrected chi connectivity index (χ2v) is 7.20. The van der Waals surface area contributed by atoms with Gasteiger partial charge in [-0.05, 0) is 75.7 Å². The highest BCUT2D eigenvalue weighted by Gasteiger charge is 2.15. The topological polar surface area (TPSA) is 53.5 Å². The monoisotopic (exact) mass is 457 g/mol. The van der Waals surface area contributed by atoms with E-state index in [1.807, 2.05) is 61.5 Å². The Morgan fingerprint density at radius 2 is 1.81 bits per heavy atom. The summed E-state index contributed by atoms with van der Waals surface area (Å²) in [5.41, 5.74) is 4.50. The Hall–Kier alpha value is -2.41. The van der Waals surface area contributed by atoms with Crippen molar-refractivity contribution in [2.24, 2.45) is 5.10 Å². The lowest BCUT2D eigenvalue weighted by Gasteiger charge is -2.16. The van der Waals surface area contributed by atoms with Crippen molar-refractivity contribution in [3.8, 4) is 0 Å². The summed E-state index contributed by atoms with van der Waals surface area (Å²) in [4.78, 5) is 12.4. The zero-order chi connectivity index (χ0) is 18.4. The number of nitrogens with one attached hydrogen (secondary N) is 2. The molecule has 3 aromatic rings. The maximum absolute atomic E-state index is 12.4. The number of fused-ring (bicyclic) bond motifs is 1. The van der Waals surface area contributed by atoms with Gasteiger partial charge in [-0.3, -0.25) is 4.79 Å². The molecular formula is C21H20IN3O. The fourth-order valence-electron chi connectivity index (χ4n) is 2.64. The molecule has 0 saturated carbocycles. The van der Waals surface area contributed by atoms with Gasteiger partial charge in [-0.25, -0.2) is 5.43 Å². The summed E-state index contributed by atoms with van der Waals surface area (Å²) in [5.74, 6) is -0.150. The van der Waals surface area contributed by atoms with Crippen LogP contribution in [-0.4, -0.2) is 18.2 Å². The summed E-state index contributed by atoms with van der Waals surface area (Å²) in [7, 11) is 0. The number of carbonyl (C=O) groups excluding carboxylic acids is 1. The quantitative estimate of drug-likeness (QED) is 0.318. The van der Waals surface area contributed by atoms with Gasteiger partial charge in [-0.2, -0.15) is 5.10 Å². The Labute approximate surface area is 166 Å². The van der Waals surface area contributed by atoms with E-state index in [1.54, 1.807) is 6.21 Å². The number of amides is 1. The first-order valence-electron chi connectivity index (χ1n) is 8.49. The average Bonchev–Trinajstić information content (AvgIpc) is 2.67. The van der Waals surface area contributed by atoms with E-state index in [9.17, 15) is 4.79 Å². The van der Waals surface area contributed by atoms with Gasteiger partial charge < -0.3 is 5.32 Å². The van der Waals surface area contributed by atoms with Crippen molar-refractivity contribution >= 4 is 51.2 Å². The second kappa shape index (κ2) is 8.80. The number of rotatable bonds is 6. The van der Waals surface area contributed by atoms with Crippen LogP contribution in [0.2, 0.25) is 0 Å². The zero-order valence-electron chi connectivity index (χ0n) is 14.4. The van der Waals surface area contributed by atoms with Gasteiger partial charge >= 0.3 is 0 Å². The number of nitrogens with zero attached hydrogens (tertiary/aromatic N) is 1. The molecule has 0 spiro atoms. The van der Waals surface area contributed by atoms with Gasteiger partial charge in [0.15, 0.2) is 0 Å². The molecule has 26 heavy (non-hydrogen) atoms. The largest absolute Gasteiger partial charge is 0.374 e. The lowest BCUT2D eigenvalue weighted by Crippen LogP contribution is -2.36. The van der Waals surface area contributed by atoms with Crippen LogP contribution >= 0.6 is 22.6 Å². The molecule has 0 heterocycles. The van der Waals surface area contributed by atoms with Crippen molar-refractivity contribution in [2.45, 2.75) is 19.4 Å². The van der Waals surface area contributed by atoms with Crippen LogP contribution in [0.3, 0.4) is 0 Å². The van der Waals surface area contributed by atoms with Crippen LogP contribution in [0.15, 0.2) is 71.8 Å². The minimum Gasteiger partial charge on any atom is -0.374 e. The molecule has 5 heteroatoms. The van der Waals surface area contributed by atoms with E-state index in [1.165, 1.54) is 5.39 Å². The van der Waals surface area contributed by atoms with Crippen molar-refractivity contribution in [3.05, 3.63) is 75.9 Å². The lowest BCUT2D eigenvalue weighted by atomic mass is 10.1. The highest BCUT2D eigenvalue weighted by molar-refractivity contribution is 14.1. The van der Waals surface area contributed by atoms with Gasteiger partial charge in [0.05, 0.1) is 6.21 Å². The van der Waals surface area contributed by atoms with Crippen molar-refractivity contribution in [2.75, 3.05) is 5.32 Å². The molecule has 3 rings (SSSR count). The summed E-state index contributed by atoms with van der Waals surface area (Å²) in [5, 5.41) is 9.68. The fourth-order valence-corrected chi connectivity index (χ4v) is 3.00. The summed E-state index contributed by atoms with van der Waals surface area (Å²) >= 11 is 2.26. The van der Waals surface area contributed by atoms with E-state index in [2.05, 4.69) is 50.6 Å². The third kappa shape index (κ3) is 4.82. The third-order valence-corrected chi connectivity index (χ3v) is 4.79. The molecule has 1 amide bonds. The third-order valence-electron chi connectivity index (χ3n) is 4.07. The van der Waals surface area contributed by atoms with E-state index >= 15 is 0 Å². The predicted octanol–water partition coefficient (Wildman–Crippen LogP) is 4.79. The average molecular weight is 457 g/mol. The van der Waals surface area contributed by atoms with Gasteiger partial charge in [-0.15, -0.1) is 0 Å². The van der Waals surface area contributed by atoms with Crippen LogP contribution in [0.4, 0.5) is 5.69 Å². The first-order chi connectivity index (χ1) is 12.7. The first kappa shape index (κ1) is 18.4. The number of anilines is 1. The molecule has 0 aliphatic heterocycles. The van der Waals surface area contributed by atoms with Crippen molar-refractivity contribution < 1.29 is 4.79 Å². The Balaban J connectivity index is 1.61. The summed E-state index contributed by atoms with van der Waals surface area (Å²) in [6, 6.07) is 21.8. The van der Waals surface area contributed by atoms with Crippen LogP contribution in [0.1, 0.15) is 18.9 Å². The Morgan fingerprint density at radius 1 is 1.08 bits per heavy atom. The van der Waals surface area contributed by atoms with E-state index in [4.69, 9.17) is 0 Å². The first-order valence-corrected chi connectivity index (χ1v) is 9.57. The maximum Gasteiger partial charge on any atom is 0.262 e. The van der Waals surface area contributed by atoms with E-state index in [0.29, 0.717) is 6.42 Å². The van der Waals surface area contributed by atoms with E-state index in [0.717, 1.165) is 20.2 Å². The molecule has 132 valence electrons. The number of carbonyl (C=O) groups is 1.